The van der Waals surface area contributed by atoms with E-state index in [1.807, 2.05) is 29.2 Å². The SMILES string of the molecule is O=C(CCc1ccc(S(=O)(=O)N2CCCC2)cc1)N1CCN(c2ccc(Cl)cn2)CC1. The van der Waals surface area contributed by atoms with Gasteiger partial charge in [-0.05, 0) is 49.1 Å². The molecule has 2 aliphatic rings. The fourth-order valence-corrected chi connectivity index (χ4v) is 5.68. The van der Waals surface area contributed by atoms with E-state index in [9.17, 15) is 13.2 Å². The molecule has 0 radical (unpaired) electrons. The molecule has 0 unspecified atom stereocenters. The molecule has 1 aromatic carbocycles. The van der Waals surface area contributed by atoms with Crippen molar-refractivity contribution in [1.82, 2.24) is 14.2 Å². The number of hydrogen-bond acceptors (Lipinski definition) is 5. The predicted octanol–water partition coefficient (Wildman–Crippen LogP) is 2.80. The number of sulfonamides is 1. The minimum atomic E-state index is -3.39. The quantitative estimate of drug-likeness (QED) is 0.660. The molecule has 0 atom stereocenters. The Labute approximate surface area is 188 Å². The minimum Gasteiger partial charge on any atom is -0.353 e. The molecule has 0 spiro atoms. The van der Waals surface area contributed by atoms with Gasteiger partial charge in [0.05, 0.1) is 9.92 Å². The Morgan fingerprint density at radius 3 is 2.23 bits per heavy atom. The second-order valence-electron chi connectivity index (χ2n) is 7.96. The van der Waals surface area contributed by atoms with Gasteiger partial charge >= 0.3 is 0 Å². The van der Waals surface area contributed by atoms with Crippen LogP contribution in [0.15, 0.2) is 47.5 Å². The number of anilines is 1. The minimum absolute atomic E-state index is 0.123. The van der Waals surface area contributed by atoms with Gasteiger partial charge in [-0.2, -0.15) is 4.31 Å². The van der Waals surface area contributed by atoms with Crippen molar-refractivity contribution in [3.8, 4) is 0 Å². The van der Waals surface area contributed by atoms with Crippen LogP contribution in [0.2, 0.25) is 5.02 Å². The first-order valence-electron chi connectivity index (χ1n) is 10.7. The number of carbonyl (C=O) groups excluding carboxylic acids is 1. The van der Waals surface area contributed by atoms with Crippen LogP contribution in [0.25, 0.3) is 0 Å². The first kappa shape index (κ1) is 22.0. The van der Waals surface area contributed by atoms with E-state index in [0.717, 1.165) is 37.3 Å². The zero-order valence-electron chi connectivity index (χ0n) is 17.4. The summed E-state index contributed by atoms with van der Waals surface area (Å²) < 4.78 is 26.8. The predicted molar refractivity (Wildman–Crippen MR) is 121 cm³/mol. The fraction of sp³-hybridized carbons (Fsp3) is 0.455. The molecule has 2 fully saturated rings. The van der Waals surface area contributed by atoms with E-state index in [-0.39, 0.29) is 5.91 Å². The Balaban J connectivity index is 1.27. The van der Waals surface area contributed by atoms with Crippen LogP contribution in [0.5, 0.6) is 0 Å². The van der Waals surface area contributed by atoms with E-state index in [2.05, 4.69) is 9.88 Å². The van der Waals surface area contributed by atoms with Crippen molar-refractivity contribution >= 4 is 33.3 Å². The second-order valence-corrected chi connectivity index (χ2v) is 10.3. The second kappa shape index (κ2) is 9.54. The van der Waals surface area contributed by atoms with Crippen molar-refractivity contribution in [1.29, 1.82) is 0 Å². The third kappa shape index (κ3) is 5.19. The maximum absolute atomic E-state index is 12.6. The van der Waals surface area contributed by atoms with Gasteiger partial charge in [-0.3, -0.25) is 4.79 Å². The number of rotatable bonds is 6. The Bertz CT molecular complexity index is 998. The standard InChI is InChI=1S/C22H27ClN4O3S/c23-19-6-9-21(24-17-19)25-13-15-26(16-14-25)22(28)10-5-18-3-7-20(8-4-18)31(29,30)27-11-1-2-12-27/h3-4,6-9,17H,1-2,5,10-16H2. The van der Waals surface area contributed by atoms with E-state index in [0.29, 0.717) is 48.9 Å². The third-order valence-electron chi connectivity index (χ3n) is 5.92. The smallest absolute Gasteiger partial charge is 0.243 e. The Morgan fingerprint density at radius 1 is 0.935 bits per heavy atom. The highest BCUT2D eigenvalue weighted by atomic mass is 35.5. The monoisotopic (exact) mass is 462 g/mol. The first-order valence-corrected chi connectivity index (χ1v) is 12.5. The number of hydrogen-bond donors (Lipinski definition) is 0. The van der Waals surface area contributed by atoms with E-state index in [1.54, 1.807) is 22.6 Å². The molecule has 1 amide bonds. The molecule has 7 nitrogen and oxygen atoms in total. The molecule has 2 saturated heterocycles. The average molecular weight is 463 g/mol. The highest BCUT2D eigenvalue weighted by Gasteiger charge is 2.27. The fourth-order valence-electron chi connectivity index (χ4n) is 4.06. The van der Waals surface area contributed by atoms with Crippen LogP contribution in [0.1, 0.15) is 24.8 Å². The molecule has 0 N–H and O–H groups in total. The van der Waals surface area contributed by atoms with Crippen molar-refractivity contribution in [2.75, 3.05) is 44.2 Å². The van der Waals surface area contributed by atoms with Crippen LogP contribution in [0.4, 0.5) is 5.82 Å². The number of piperazine rings is 1. The summed E-state index contributed by atoms with van der Waals surface area (Å²) in [4.78, 5) is 21.3. The molecule has 9 heteroatoms. The van der Waals surface area contributed by atoms with Crippen LogP contribution in [0.3, 0.4) is 0 Å². The molecular weight excluding hydrogens is 436 g/mol. The zero-order chi connectivity index (χ0) is 21.8. The zero-order valence-corrected chi connectivity index (χ0v) is 19.0. The lowest BCUT2D eigenvalue weighted by Crippen LogP contribution is -2.49. The molecule has 0 bridgehead atoms. The van der Waals surface area contributed by atoms with Gasteiger partial charge in [-0.25, -0.2) is 13.4 Å². The number of nitrogens with zero attached hydrogens (tertiary/aromatic N) is 4. The van der Waals surface area contributed by atoms with Gasteiger partial charge in [0.15, 0.2) is 0 Å². The molecule has 2 aliphatic heterocycles. The molecule has 3 heterocycles. The van der Waals surface area contributed by atoms with Gasteiger partial charge in [0.2, 0.25) is 15.9 Å². The molecule has 1 aromatic heterocycles. The number of halogens is 1. The number of aryl methyl sites for hydroxylation is 1. The summed E-state index contributed by atoms with van der Waals surface area (Å²) in [6.07, 6.45) is 4.49. The van der Waals surface area contributed by atoms with Crippen LogP contribution in [-0.2, 0) is 21.2 Å². The lowest BCUT2D eigenvalue weighted by Gasteiger charge is -2.35. The van der Waals surface area contributed by atoms with E-state index >= 15 is 0 Å². The summed E-state index contributed by atoms with van der Waals surface area (Å²) in [7, 11) is -3.39. The van der Waals surface area contributed by atoms with Crippen LogP contribution in [-0.4, -0.2) is 67.8 Å². The number of benzene rings is 1. The number of pyridine rings is 1. The van der Waals surface area contributed by atoms with Gasteiger partial charge in [0, 0.05) is 51.9 Å². The lowest BCUT2D eigenvalue weighted by atomic mass is 10.1. The van der Waals surface area contributed by atoms with Crippen molar-refractivity contribution in [2.45, 2.75) is 30.6 Å². The molecule has 0 saturated carbocycles. The Hall–Kier alpha value is -2.16. The molecule has 166 valence electrons. The first-order chi connectivity index (χ1) is 14.9. The maximum atomic E-state index is 12.6. The Kier molecular flexibility index (Phi) is 6.79. The number of amides is 1. The summed E-state index contributed by atoms with van der Waals surface area (Å²) in [6.45, 7) is 4.00. The summed E-state index contributed by atoms with van der Waals surface area (Å²) >= 11 is 5.90. The van der Waals surface area contributed by atoms with Gasteiger partial charge in [0.1, 0.15) is 5.82 Å². The van der Waals surface area contributed by atoms with E-state index in [1.165, 1.54) is 0 Å². The van der Waals surface area contributed by atoms with Crippen molar-refractivity contribution in [3.63, 3.8) is 0 Å². The summed E-state index contributed by atoms with van der Waals surface area (Å²) in [6, 6.07) is 10.7. The summed E-state index contributed by atoms with van der Waals surface area (Å²) in [5.74, 6) is 0.998. The normalized spacial score (nSPS) is 17.8. The van der Waals surface area contributed by atoms with E-state index < -0.39 is 10.0 Å². The van der Waals surface area contributed by atoms with Gasteiger partial charge in [-0.15, -0.1) is 0 Å². The lowest BCUT2D eigenvalue weighted by molar-refractivity contribution is -0.131. The van der Waals surface area contributed by atoms with Crippen molar-refractivity contribution in [3.05, 3.63) is 53.2 Å². The molecule has 4 rings (SSSR count). The number of aromatic nitrogens is 1. The van der Waals surface area contributed by atoms with Gasteiger partial charge in [0.25, 0.3) is 0 Å². The highest BCUT2D eigenvalue weighted by Crippen LogP contribution is 2.22. The van der Waals surface area contributed by atoms with Gasteiger partial charge in [-0.1, -0.05) is 23.7 Å². The molecule has 2 aromatic rings. The van der Waals surface area contributed by atoms with Crippen LogP contribution in [0, 0.1) is 0 Å². The largest absolute Gasteiger partial charge is 0.353 e. The molecule has 31 heavy (non-hydrogen) atoms. The average Bonchev–Trinajstić information content (AvgIpc) is 3.34. The number of carbonyl (C=O) groups is 1. The van der Waals surface area contributed by atoms with Crippen molar-refractivity contribution < 1.29 is 13.2 Å². The third-order valence-corrected chi connectivity index (χ3v) is 8.06. The van der Waals surface area contributed by atoms with E-state index in [4.69, 9.17) is 11.6 Å². The molecule has 0 aliphatic carbocycles. The van der Waals surface area contributed by atoms with Crippen molar-refractivity contribution in [2.24, 2.45) is 0 Å². The summed E-state index contributed by atoms with van der Waals surface area (Å²) in [5, 5.41) is 0.610. The van der Waals surface area contributed by atoms with Crippen LogP contribution >= 0.6 is 11.6 Å². The Morgan fingerprint density at radius 2 is 1.61 bits per heavy atom. The topological polar surface area (TPSA) is 73.8 Å². The summed E-state index contributed by atoms with van der Waals surface area (Å²) in [5.41, 5.74) is 0.970. The maximum Gasteiger partial charge on any atom is 0.243 e. The van der Waals surface area contributed by atoms with Gasteiger partial charge < -0.3 is 9.80 Å². The van der Waals surface area contributed by atoms with Crippen LogP contribution < -0.4 is 4.90 Å². The molecular formula is C22H27ClN4O3S. The highest BCUT2D eigenvalue weighted by molar-refractivity contribution is 7.89.